The van der Waals surface area contributed by atoms with Crippen LogP contribution in [-0.4, -0.2) is 58.6 Å². The van der Waals surface area contributed by atoms with Gasteiger partial charge in [0.25, 0.3) is 0 Å². The van der Waals surface area contributed by atoms with E-state index in [-0.39, 0.29) is 0 Å². The van der Waals surface area contributed by atoms with Crippen molar-refractivity contribution in [2.24, 2.45) is 0 Å². The second-order valence-electron chi connectivity index (χ2n) is 10.6. The standard InChI is InChI=1S/C15H43O5Si6/c1-22(2,3)16-14(17-25(10,11)19-23(4,5)6)15(21)18-26(12,13)20-24(7,8)9/h14H,1-13,21H3. The van der Waals surface area contributed by atoms with E-state index in [0.29, 0.717) is 0 Å². The predicted octanol–water partition coefficient (Wildman–Crippen LogP) is 4.16. The van der Waals surface area contributed by atoms with Gasteiger partial charge in [0.2, 0.25) is 0 Å². The van der Waals surface area contributed by atoms with Gasteiger partial charge in [0.1, 0.15) is 5.73 Å². The second kappa shape index (κ2) is 9.28. The maximum Gasteiger partial charge on any atom is 0.323 e. The molecule has 0 saturated carbocycles. The first-order valence-corrected chi connectivity index (χ1v) is 26.3. The fraction of sp³-hybridized carbons (Fsp3) is 0.933. The summed E-state index contributed by atoms with van der Waals surface area (Å²) in [6.45, 7) is 28.1. The Morgan fingerprint density at radius 1 is 0.577 bits per heavy atom. The summed E-state index contributed by atoms with van der Waals surface area (Å²) in [7, 11) is -9.01. The third-order valence-electron chi connectivity index (χ3n) is 2.69. The summed E-state index contributed by atoms with van der Waals surface area (Å²) in [6, 6.07) is 0. The zero-order chi connectivity index (χ0) is 21.2. The normalized spacial score (nSPS) is 16.4. The summed E-state index contributed by atoms with van der Waals surface area (Å²) in [6.07, 6.45) is -0.441. The monoisotopic (exact) mass is 471 g/mol. The molecule has 0 aromatic carbocycles. The predicted molar refractivity (Wildman–Crippen MR) is 127 cm³/mol. The van der Waals surface area contributed by atoms with Crippen LogP contribution >= 0.6 is 0 Å². The summed E-state index contributed by atoms with van der Waals surface area (Å²) >= 11 is 0. The van der Waals surface area contributed by atoms with Gasteiger partial charge in [-0.15, -0.1) is 0 Å². The molecule has 0 bridgehead atoms. The molecule has 0 aromatic rings. The van der Waals surface area contributed by atoms with E-state index in [1.54, 1.807) is 0 Å². The molecule has 5 nitrogen and oxygen atoms in total. The minimum Gasteiger partial charge on any atom is -0.436 e. The molecule has 1 atom stereocenters. The van der Waals surface area contributed by atoms with Gasteiger partial charge >= 0.3 is 17.1 Å². The SMILES string of the molecule is C[Si](C)(C)OC(O[Si](C)(C)O[Si](C)(C)C)[C]([SiH3])O[Si](C)(C)O[Si](C)(C)C. The first-order chi connectivity index (χ1) is 11.1. The maximum atomic E-state index is 6.44. The fourth-order valence-corrected chi connectivity index (χ4v) is 19.6. The molecule has 0 aromatic heterocycles. The van der Waals surface area contributed by atoms with E-state index < -0.39 is 48.4 Å². The highest BCUT2D eigenvalue weighted by Gasteiger charge is 2.41. The molecule has 1 radical (unpaired) electrons. The number of hydrogen-bond acceptors (Lipinski definition) is 5. The van der Waals surface area contributed by atoms with E-state index in [0.717, 1.165) is 16.0 Å². The van der Waals surface area contributed by atoms with Crippen molar-refractivity contribution in [1.29, 1.82) is 0 Å². The molecule has 0 aliphatic rings. The maximum absolute atomic E-state index is 6.44. The Hall–Kier alpha value is 1.10. The van der Waals surface area contributed by atoms with Gasteiger partial charge in [0.05, 0.1) is 10.2 Å². The summed E-state index contributed by atoms with van der Waals surface area (Å²) in [5.41, 5.74) is 0.891. The molecule has 0 fully saturated rings. The van der Waals surface area contributed by atoms with Gasteiger partial charge in [-0.1, -0.05) is 0 Å². The summed E-state index contributed by atoms with van der Waals surface area (Å²) < 4.78 is 31.9. The topological polar surface area (TPSA) is 46.2 Å². The van der Waals surface area contributed by atoms with Crippen LogP contribution in [-0.2, 0) is 21.5 Å². The van der Waals surface area contributed by atoms with Crippen LogP contribution in [0.1, 0.15) is 0 Å². The third kappa shape index (κ3) is 14.1. The van der Waals surface area contributed by atoms with Crippen molar-refractivity contribution >= 4 is 52.3 Å². The highest BCUT2D eigenvalue weighted by Crippen LogP contribution is 2.27. The molecule has 157 valence electrons. The van der Waals surface area contributed by atoms with Crippen molar-refractivity contribution in [1.82, 2.24) is 0 Å². The van der Waals surface area contributed by atoms with Crippen molar-refractivity contribution in [3.8, 4) is 0 Å². The molecule has 0 saturated heterocycles. The molecule has 26 heavy (non-hydrogen) atoms. The first kappa shape index (κ1) is 27.1. The molecule has 0 N–H and O–H groups in total. The van der Waals surface area contributed by atoms with E-state index in [1.165, 1.54) is 0 Å². The molecular formula is C15H43O5Si6. The Morgan fingerprint density at radius 2 is 0.962 bits per heavy atom. The fourth-order valence-electron chi connectivity index (χ4n) is 2.72. The second-order valence-corrected chi connectivity index (χ2v) is 32.2. The molecule has 0 aliphatic heterocycles. The van der Waals surface area contributed by atoms with Crippen LogP contribution in [0.2, 0.25) is 85.1 Å². The van der Waals surface area contributed by atoms with Gasteiger partial charge in [-0.05, 0) is 85.1 Å². The zero-order valence-electron chi connectivity index (χ0n) is 19.6. The van der Waals surface area contributed by atoms with Crippen molar-refractivity contribution in [3.05, 3.63) is 5.73 Å². The third-order valence-corrected chi connectivity index (χ3v) is 15.1. The van der Waals surface area contributed by atoms with E-state index >= 15 is 0 Å². The highest BCUT2D eigenvalue weighted by atomic mass is 28.4. The van der Waals surface area contributed by atoms with Crippen molar-refractivity contribution in [2.45, 2.75) is 91.4 Å². The lowest BCUT2D eigenvalue weighted by Gasteiger charge is -2.40. The zero-order valence-corrected chi connectivity index (χ0v) is 26.6. The van der Waals surface area contributed by atoms with Crippen molar-refractivity contribution in [2.75, 3.05) is 0 Å². The van der Waals surface area contributed by atoms with Gasteiger partial charge in [-0.2, -0.15) is 0 Å². The summed E-state index contributed by atoms with van der Waals surface area (Å²) in [5.74, 6) is 0. The molecular weight excluding hydrogens is 429 g/mol. The van der Waals surface area contributed by atoms with Gasteiger partial charge in [0, 0.05) is 0 Å². The van der Waals surface area contributed by atoms with E-state index in [1.807, 2.05) is 0 Å². The smallest absolute Gasteiger partial charge is 0.323 e. The molecule has 0 spiro atoms. The van der Waals surface area contributed by atoms with Crippen LogP contribution in [0.3, 0.4) is 0 Å². The van der Waals surface area contributed by atoms with Crippen molar-refractivity contribution in [3.63, 3.8) is 0 Å². The van der Waals surface area contributed by atoms with Crippen molar-refractivity contribution < 1.29 is 21.5 Å². The lowest BCUT2D eigenvalue weighted by atomic mass is 10.7. The Kier molecular flexibility index (Phi) is 9.67. The number of hydrogen-bond donors (Lipinski definition) is 0. The Morgan fingerprint density at radius 3 is 1.31 bits per heavy atom. The minimum atomic E-state index is -2.32. The van der Waals surface area contributed by atoms with Crippen LogP contribution in [0, 0.1) is 5.73 Å². The summed E-state index contributed by atoms with van der Waals surface area (Å²) in [4.78, 5) is 0. The molecule has 0 rings (SSSR count). The highest BCUT2D eigenvalue weighted by molar-refractivity contribution is 6.82. The lowest BCUT2D eigenvalue weighted by molar-refractivity contribution is -0.0344. The van der Waals surface area contributed by atoms with Gasteiger partial charge < -0.3 is 21.5 Å². The molecule has 0 amide bonds. The van der Waals surface area contributed by atoms with Gasteiger partial charge in [-0.25, -0.2) is 0 Å². The average Bonchev–Trinajstić information content (AvgIpc) is 2.16. The quantitative estimate of drug-likeness (QED) is 0.334. The van der Waals surface area contributed by atoms with Crippen LogP contribution in [0.15, 0.2) is 0 Å². The first-order valence-electron chi connectivity index (χ1n) is 9.39. The van der Waals surface area contributed by atoms with Crippen LogP contribution in [0.5, 0.6) is 0 Å². The van der Waals surface area contributed by atoms with Crippen LogP contribution in [0.25, 0.3) is 0 Å². The van der Waals surface area contributed by atoms with E-state index in [9.17, 15) is 0 Å². The molecule has 1 unspecified atom stereocenters. The van der Waals surface area contributed by atoms with Crippen LogP contribution < -0.4 is 0 Å². The lowest BCUT2D eigenvalue weighted by Crippen LogP contribution is -2.53. The Labute approximate surface area is 170 Å². The minimum absolute atomic E-state index is 0.441. The Balaban J connectivity index is 5.30. The van der Waals surface area contributed by atoms with E-state index in [4.69, 9.17) is 21.5 Å². The molecule has 0 aliphatic carbocycles. The largest absolute Gasteiger partial charge is 0.436 e. The Bertz CT molecular complexity index is 439. The van der Waals surface area contributed by atoms with Gasteiger partial charge in [-0.3, -0.25) is 0 Å². The average molecular weight is 472 g/mol. The van der Waals surface area contributed by atoms with Gasteiger partial charge in [0.15, 0.2) is 31.2 Å². The van der Waals surface area contributed by atoms with E-state index in [2.05, 4.69) is 85.1 Å². The van der Waals surface area contributed by atoms with Crippen LogP contribution in [0.4, 0.5) is 0 Å². The molecule has 11 heteroatoms. The number of rotatable bonds is 11. The summed E-state index contributed by atoms with van der Waals surface area (Å²) in [5, 5.41) is 0. The molecule has 0 heterocycles.